The molecule has 0 aliphatic heterocycles. The second-order valence-electron chi connectivity index (χ2n) is 6.69. The molecule has 26 heavy (non-hydrogen) atoms. The fourth-order valence-electron chi connectivity index (χ4n) is 3.40. The molecule has 136 valence electrons. The van der Waals surface area contributed by atoms with Crippen LogP contribution in [0.1, 0.15) is 47.5 Å². The second kappa shape index (κ2) is 8.37. The molecule has 1 aromatic carbocycles. The minimum atomic E-state index is -0.00328. The molecule has 0 spiro atoms. The van der Waals surface area contributed by atoms with Gasteiger partial charge >= 0.3 is 0 Å². The lowest BCUT2D eigenvalue weighted by Gasteiger charge is -2.24. The number of hydrogen-bond donors (Lipinski definition) is 0. The van der Waals surface area contributed by atoms with Gasteiger partial charge in [-0.15, -0.1) is 11.3 Å². The van der Waals surface area contributed by atoms with Gasteiger partial charge in [0.1, 0.15) is 5.75 Å². The minimum Gasteiger partial charge on any atom is -0.494 e. The van der Waals surface area contributed by atoms with Gasteiger partial charge in [0, 0.05) is 22.5 Å². The van der Waals surface area contributed by atoms with E-state index in [0.717, 1.165) is 36.3 Å². The van der Waals surface area contributed by atoms with Crippen LogP contribution in [0.2, 0.25) is 0 Å². The average Bonchev–Trinajstić information content (AvgIpc) is 3.06. The molecule has 1 amide bonds. The van der Waals surface area contributed by atoms with E-state index in [0.29, 0.717) is 25.5 Å². The number of rotatable bonds is 6. The lowest BCUT2D eigenvalue weighted by atomic mass is 9.88. The summed E-state index contributed by atoms with van der Waals surface area (Å²) in [6, 6.07) is 9.67. The van der Waals surface area contributed by atoms with E-state index in [-0.39, 0.29) is 5.91 Å². The van der Waals surface area contributed by atoms with E-state index in [1.54, 1.807) is 16.2 Å². The summed E-state index contributed by atoms with van der Waals surface area (Å²) in [6.45, 7) is 5.21. The van der Waals surface area contributed by atoms with Crippen LogP contribution in [-0.2, 0) is 12.8 Å². The third kappa shape index (κ3) is 3.91. The van der Waals surface area contributed by atoms with Crippen LogP contribution < -0.4 is 9.64 Å². The van der Waals surface area contributed by atoms with Crippen molar-refractivity contribution in [1.82, 2.24) is 0 Å². The van der Waals surface area contributed by atoms with Crippen molar-refractivity contribution in [3.8, 4) is 11.8 Å². The molecule has 0 bridgehead atoms. The van der Waals surface area contributed by atoms with E-state index in [9.17, 15) is 4.79 Å². The van der Waals surface area contributed by atoms with E-state index >= 15 is 0 Å². The van der Waals surface area contributed by atoms with Crippen LogP contribution in [0.4, 0.5) is 5.69 Å². The van der Waals surface area contributed by atoms with Gasteiger partial charge in [-0.05, 0) is 61.9 Å². The Bertz CT molecular complexity index is 804. The smallest absolute Gasteiger partial charge is 0.259 e. The van der Waals surface area contributed by atoms with Crippen molar-refractivity contribution in [1.29, 1.82) is 5.26 Å². The number of amides is 1. The molecule has 1 unspecified atom stereocenters. The van der Waals surface area contributed by atoms with Crippen LogP contribution >= 0.6 is 11.3 Å². The minimum absolute atomic E-state index is 0.00328. The Morgan fingerprint density at radius 1 is 1.38 bits per heavy atom. The maximum Gasteiger partial charge on any atom is 0.259 e. The highest BCUT2D eigenvalue weighted by atomic mass is 32.1. The van der Waals surface area contributed by atoms with Gasteiger partial charge in [-0.2, -0.15) is 5.26 Å². The van der Waals surface area contributed by atoms with Gasteiger partial charge < -0.3 is 9.64 Å². The quantitative estimate of drug-likeness (QED) is 0.734. The molecule has 1 heterocycles. The number of carbonyl (C=O) groups is 1. The highest BCUT2D eigenvalue weighted by Gasteiger charge is 2.26. The molecule has 1 aliphatic rings. The molecule has 3 rings (SSSR count). The van der Waals surface area contributed by atoms with Crippen LogP contribution in [-0.4, -0.2) is 19.1 Å². The average molecular weight is 369 g/mol. The fraction of sp³-hybridized carbons (Fsp3) is 0.429. The van der Waals surface area contributed by atoms with Crippen molar-refractivity contribution >= 4 is 22.9 Å². The number of carbonyl (C=O) groups excluding carboxylic acids is 1. The molecule has 0 radical (unpaired) electrons. The summed E-state index contributed by atoms with van der Waals surface area (Å²) in [7, 11) is 0. The number of nitrogens with zero attached hydrogens (tertiary/aromatic N) is 2. The summed E-state index contributed by atoms with van der Waals surface area (Å²) in [5.41, 5.74) is 2.83. The molecule has 0 N–H and O–H groups in total. The lowest BCUT2D eigenvalue weighted by molar-refractivity contribution is 0.0986. The molecule has 5 heteroatoms. The molecule has 0 fully saturated rings. The largest absolute Gasteiger partial charge is 0.494 e. The highest BCUT2D eigenvalue weighted by molar-refractivity contribution is 7.10. The predicted octanol–water partition coefficient (Wildman–Crippen LogP) is 4.83. The highest BCUT2D eigenvalue weighted by Crippen LogP contribution is 2.34. The van der Waals surface area contributed by atoms with Crippen LogP contribution in [0.15, 0.2) is 29.6 Å². The Labute approximate surface area is 159 Å². The molecule has 0 saturated heterocycles. The Balaban J connectivity index is 1.88. The van der Waals surface area contributed by atoms with Crippen molar-refractivity contribution in [2.24, 2.45) is 5.92 Å². The standard InChI is InChI=1S/C21H24N2O2S/c1-3-25-17-8-6-16(7-9-17)23(12-4-11-22)21(24)19-14-26-20-13-15(2)5-10-18(19)20/h6-9,14-15H,3-5,10,12-13H2,1-2H3. The first-order valence-electron chi connectivity index (χ1n) is 9.15. The fourth-order valence-corrected chi connectivity index (χ4v) is 4.64. The predicted molar refractivity (Wildman–Crippen MR) is 105 cm³/mol. The first-order valence-corrected chi connectivity index (χ1v) is 10.0. The lowest BCUT2D eigenvalue weighted by Crippen LogP contribution is -2.32. The first kappa shape index (κ1) is 18.5. The van der Waals surface area contributed by atoms with E-state index in [1.165, 1.54) is 10.4 Å². The normalized spacial score (nSPS) is 15.8. The molecule has 0 saturated carbocycles. The van der Waals surface area contributed by atoms with Crippen LogP contribution in [0.25, 0.3) is 0 Å². The number of nitriles is 1. The molecule has 1 aromatic heterocycles. The zero-order valence-electron chi connectivity index (χ0n) is 15.3. The van der Waals surface area contributed by atoms with Gasteiger partial charge in [0.2, 0.25) is 0 Å². The SMILES string of the molecule is CCOc1ccc(N(CCC#N)C(=O)c2csc3c2CCC(C)C3)cc1. The molecule has 1 aliphatic carbocycles. The molecule has 2 aromatic rings. The van der Waals surface area contributed by atoms with Gasteiger partial charge in [-0.3, -0.25) is 4.79 Å². The number of thiophene rings is 1. The van der Waals surface area contributed by atoms with Crippen molar-refractivity contribution in [2.75, 3.05) is 18.1 Å². The summed E-state index contributed by atoms with van der Waals surface area (Å²) in [6.07, 6.45) is 3.47. The Hall–Kier alpha value is -2.32. The molecule has 4 nitrogen and oxygen atoms in total. The number of ether oxygens (including phenoxy) is 1. The second-order valence-corrected chi connectivity index (χ2v) is 7.66. The van der Waals surface area contributed by atoms with Crippen molar-refractivity contribution in [3.63, 3.8) is 0 Å². The van der Waals surface area contributed by atoms with Gasteiger partial charge in [-0.25, -0.2) is 0 Å². The number of anilines is 1. The maximum atomic E-state index is 13.3. The molecular formula is C21H24N2O2S. The molecular weight excluding hydrogens is 344 g/mol. The maximum absolute atomic E-state index is 13.3. The van der Waals surface area contributed by atoms with E-state index in [4.69, 9.17) is 10.00 Å². The van der Waals surface area contributed by atoms with Crippen LogP contribution in [0.3, 0.4) is 0 Å². The third-order valence-electron chi connectivity index (χ3n) is 4.78. The summed E-state index contributed by atoms with van der Waals surface area (Å²) < 4.78 is 5.48. The third-order valence-corrected chi connectivity index (χ3v) is 5.84. The summed E-state index contributed by atoms with van der Waals surface area (Å²) in [4.78, 5) is 16.3. The molecule has 1 atom stereocenters. The Morgan fingerprint density at radius 2 is 2.15 bits per heavy atom. The summed E-state index contributed by atoms with van der Waals surface area (Å²) in [5, 5.41) is 11.0. The van der Waals surface area contributed by atoms with Crippen LogP contribution in [0.5, 0.6) is 5.75 Å². The van der Waals surface area contributed by atoms with Crippen LogP contribution in [0, 0.1) is 17.2 Å². The summed E-state index contributed by atoms with van der Waals surface area (Å²) in [5.74, 6) is 1.46. The number of hydrogen-bond acceptors (Lipinski definition) is 4. The Kier molecular flexibility index (Phi) is 5.95. The van der Waals surface area contributed by atoms with Gasteiger partial charge in [0.05, 0.1) is 24.7 Å². The van der Waals surface area contributed by atoms with Crippen molar-refractivity contribution < 1.29 is 9.53 Å². The number of fused-ring (bicyclic) bond motifs is 1. The zero-order valence-corrected chi connectivity index (χ0v) is 16.1. The topological polar surface area (TPSA) is 53.3 Å². The monoisotopic (exact) mass is 368 g/mol. The number of benzene rings is 1. The van der Waals surface area contributed by atoms with E-state index < -0.39 is 0 Å². The van der Waals surface area contributed by atoms with Crippen molar-refractivity contribution in [3.05, 3.63) is 45.6 Å². The first-order chi connectivity index (χ1) is 12.6. The van der Waals surface area contributed by atoms with Gasteiger partial charge in [0.25, 0.3) is 5.91 Å². The van der Waals surface area contributed by atoms with Crippen molar-refractivity contribution in [2.45, 2.75) is 39.5 Å². The summed E-state index contributed by atoms with van der Waals surface area (Å²) >= 11 is 1.70. The Morgan fingerprint density at radius 3 is 2.85 bits per heavy atom. The van der Waals surface area contributed by atoms with Gasteiger partial charge in [0.15, 0.2) is 0 Å². The van der Waals surface area contributed by atoms with E-state index in [1.807, 2.05) is 36.6 Å². The van der Waals surface area contributed by atoms with Gasteiger partial charge in [-0.1, -0.05) is 6.92 Å². The zero-order chi connectivity index (χ0) is 18.5. The van der Waals surface area contributed by atoms with E-state index in [2.05, 4.69) is 13.0 Å².